The van der Waals surface area contributed by atoms with E-state index >= 15 is 0 Å². The summed E-state index contributed by atoms with van der Waals surface area (Å²) in [7, 11) is 0. The van der Waals surface area contributed by atoms with Crippen LogP contribution in [0.15, 0.2) is 6.33 Å². The van der Waals surface area contributed by atoms with Crippen molar-refractivity contribution in [2.24, 2.45) is 5.84 Å². The molecule has 0 aliphatic carbocycles. The molecule has 0 fully saturated rings. The molecule has 0 aromatic carbocycles. The molecule has 98 valence electrons. The van der Waals surface area contributed by atoms with Gasteiger partial charge in [0.25, 0.3) is 0 Å². The van der Waals surface area contributed by atoms with E-state index in [4.69, 9.17) is 5.84 Å². The van der Waals surface area contributed by atoms with Gasteiger partial charge in [0.1, 0.15) is 12.2 Å². The van der Waals surface area contributed by atoms with Crippen molar-refractivity contribution in [3.05, 3.63) is 12.2 Å². The number of nitrogens with zero attached hydrogens (tertiary/aromatic N) is 3. The summed E-state index contributed by atoms with van der Waals surface area (Å²) in [6, 6.07) is 0.253. The van der Waals surface area contributed by atoms with Crippen molar-refractivity contribution in [2.75, 3.05) is 5.75 Å². The Morgan fingerprint density at radius 2 is 2.29 bits per heavy atom. The Hall–Kier alpha value is -0.590. The first-order valence-corrected chi connectivity index (χ1v) is 7.20. The van der Waals surface area contributed by atoms with Gasteiger partial charge in [0.05, 0.1) is 0 Å². The van der Waals surface area contributed by atoms with Crippen LogP contribution in [0.3, 0.4) is 0 Å². The molecule has 0 aliphatic heterocycles. The third-order valence-electron chi connectivity index (χ3n) is 2.82. The highest BCUT2D eigenvalue weighted by Gasteiger charge is 2.13. The summed E-state index contributed by atoms with van der Waals surface area (Å²) in [4.78, 5) is 4.27. The molecule has 1 aromatic rings. The molecule has 0 saturated heterocycles. The van der Waals surface area contributed by atoms with E-state index in [0.29, 0.717) is 5.25 Å². The molecule has 1 aromatic heterocycles. The summed E-state index contributed by atoms with van der Waals surface area (Å²) in [6.07, 6.45) is 3.62. The summed E-state index contributed by atoms with van der Waals surface area (Å²) in [5, 5.41) is 4.84. The second kappa shape index (κ2) is 7.68. The van der Waals surface area contributed by atoms with Gasteiger partial charge in [0.2, 0.25) is 0 Å². The van der Waals surface area contributed by atoms with Gasteiger partial charge in [-0.1, -0.05) is 13.8 Å². The van der Waals surface area contributed by atoms with Crippen LogP contribution in [-0.4, -0.2) is 31.8 Å². The van der Waals surface area contributed by atoms with Gasteiger partial charge in [-0.3, -0.25) is 16.0 Å². The summed E-state index contributed by atoms with van der Waals surface area (Å²) in [5.74, 6) is 7.59. The molecule has 2 atom stereocenters. The third-order valence-corrected chi connectivity index (χ3v) is 4.31. The average molecular weight is 257 g/mol. The minimum Gasteiger partial charge on any atom is -0.271 e. The molecule has 2 unspecified atom stereocenters. The first kappa shape index (κ1) is 14.5. The predicted octanol–water partition coefficient (Wildman–Crippen LogP) is 1.20. The quantitative estimate of drug-likeness (QED) is 0.541. The van der Waals surface area contributed by atoms with Crippen LogP contribution >= 0.6 is 11.8 Å². The van der Waals surface area contributed by atoms with Gasteiger partial charge in [-0.15, -0.1) is 0 Å². The van der Waals surface area contributed by atoms with E-state index in [1.54, 1.807) is 6.33 Å². The van der Waals surface area contributed by atoms with Crippen LogP contribution in [0.2, 0.25) is 0 Å². The molecule has 3 N–H and O–H groups in total. The van der Waals surface area contributed by atoms with E-state index in [9.17, 15) is 0 Å². The molecule has 17 heavy (non-hydrogen) atoms. The van der Waals surface area contributed by atoms with Gasteiger partial charge in [-0.05, 0) is 13.3 Å². The van der Waals surface area contributed by atoms with Crippen molar-refractivity contribution in [1.82, 2.24) is 20.2 Å². The Kier molecular flexibility index (Phi) is 6.54. The second-order valence-electron chi connectivity index (χ2n) is 4.11. The number of hydrogen-bond donors (Lipinski definition) is 2. The van der Waals surface area contributed by atoms with E-state index in [2.05, 4.69) is 36.3 Å². The Labute approximate surface area is 108 Å². The highest BCUT2D eigenvalue weighted by atomic mass is 32.2. The number of hydrazine groups is 1. The van der Waals surface area contributed by atoms with Gasteiger partial charge in [0, 0.05) is 30.0 Å². The predicted molar refractivity (Wildman–Crippen MR) is 72.7 cm³/mol. The van der Waals surface area contributed by atoms with E-state index in [0.717, 1.165) is 24.5 Å². The standard InChI is InChI=1S/C11H23N5S/c1-4-9(3)17-7-10(15-12)6-11-13-8-14-16(11)5-2/h8-10,15H,4-7,12H2,1-3H3. The second-order valence-corrected chi connectivity index (χ2v) is 5.58. The molecule has 5 nitrogen and oxygen atoms in total. The van der Waals surface area contributed by atoms with Gasteiger partial charge in [0.15, 0.2) is 0 Å². The highest BCUT2D eigenvalue weighted by Crippen LogP contribution is 2.15. The maximum absolute atomic E-state index is 5.59. The number of nitrogens with one attached hydrogen (secondary N) is 1. The maximum atomic E-state index is 5.59. The lowest BCUT2D eigenvalue weighted by atomic mass is 10.2. The van der Waals surface area contributed by atoms with Gasteiger partial charge in [-0.25, -0.2) is 4.98 Å². The van der Waals surface area contributed by atoms with Crippen LogP contribution < -0.4 is 11.3 Å². The molecule has 0 spiro atoms. The summed E-state index contributed by atoms with van der Waals surface area (Å²) in [6.45, 7) is 7.37. The maximum Gasteiger partial charge on any atom is 0.138 e. The fourth-order valence-corrected chi connectivity index (χ4v) is 2.51. The molecule has 1 rings (SSSR count). The molecule has 0 saturated carbocycles. The Balaban J connectivity index is 2.46. The molecule has 0 amide bonds. The van der Waals surface area contributed by atoms with Crippen LogP contribution in [0, 0.1) is 0 Å². The van der Waals surface area contributed by atoms with Crippen LogP contribution in [-0.2, 0) is 13.0 Å². The highest BCUT2D eigenvalue weighted by molar-refractivity contribution is 7.99. The van der Waals surface area contributed by atoms with Crippen LogP contribution in [0.25, 0.3) is 0 Å². The minimum absolute atomic E-state index is 0.253. The number of rotatable bonds is 8. The lowest BCUT2D eigenvalue weighted by molar-refractivity contribution is 0.527. The Morgan fingerprint density at radius 1 is 1.53 bits per heavy atom. The third kappa shape index (κ3) is 4.65. The smallest absolute Gasteiger partial charge is 0.138 e. The fraction of sp³-hybridized carbons (Fsp3) is 0.818. The SMILES string of the molecule is CCC(C)SCC(Cc1ncnn1CC)NN. The lowest BCUT2D eigenvalue weighted by Gasteiger charge is -2.17. The van der Waals surface area contributed by atoms with Crippen molar-refractivity contribution in [3.63, 3.8) is 0 Å². The van der Waals surface area contributed by atoms with Crippen molar-refractivity contribution in [1.29, 1.82) is 0 Å². The molecule has 0 aliphatic rings. The van der Waals surface area contributed by atoms with E-state index in [-0.39, 0.29) is 6.04 Å². The Morgan fingerprint density at radius 3 is 2.88 bits per heavy atom. The van der Waals surface area contributed by atoms with Crippen LogP contribution in [0.5, 0.6) is 0 Å². The van der Waals surface area contributed by atoms with Crippen molar-refractivity contribution < 1.29 is 0 Å². The molecule has 1 heterocycles. The molecule has 0 bridgehead atoms. The van der Waals surface area contributed by atoms with Gasteiger partial charge in [-0.2, -0.15) is 16.9 Å². The minimum atomic E-state index is 0.253. The average Bonchev–Trinajstić information content (AvgIpc) is 2.80. The summed E-state index contributed by atoms with van der Waals surface area (Å²) < 4.78 is 1.91. The zero-order valence-electron chi connectivity index (χ0n) is 10.9. The molecule has 0 radical (unpaired) electrons. The van der Waals surface area contributed by atoms with Crippen molar-refractivity contribution in [2.45, 2.75) is 51.4 Å². The number of thioether (sulfide) groups is 1. The first-order chi connectivity index (χ1) is 8.21. The van der Waals surface area contributed by atoms with E-state index in [1.807, 2.05) is 16.4 Å². The zero-order valence-corrected chi connectivity index (χ0v) is 11.7. The topological polar surface area (TPSA) is 68.8 Å². The lowest BCUT2D eigenvalue weighted by Crippen LogP contribution is -2.39. The first-order valence-electron chi connectivity index (χ1n) is 6.15. The Bertz CT molecular complexity index is 315. The van der Waals surface area contributed by atoms with Crippen LogP contribution in [0.4, 0.5) is 0 Å². The summed E-state index contributed by atoms with van der Waals surface area (Å²) in [5.41, 5.74) is 2.87. The van der Waals surface area contributed by atoms with Crippen molar-refractivity contribution >= 4 is 11.8 Å². The summed E-state index contributed by atoms with van der Waals surface area (Å²) >= 11 is 1.94. The van der Waals surface area contributed by atoms with Crippen molar-refractivity contribution in [3.8, 4) is 0 Å². The number of aryl methyl sites for hydroxylation is 1. The zero-order chi connectivity index (χ0) is 12.7. The molecular formula is C11H23N5S. The number of aromatic nitrogens is 3. The van der Waals surface area contributed by atoms with Gasteiger partial charge < -0.3 is 0 Å². The monoisotopic (exact) mass is 257 g/mol. The molecule has 6 heteroatoms. The van der Waals surface area contributed by atoms with Crippen LogP contribution in [0.1, 0.15) is 33.0 Å². The number of hydrogen-bond acceptors (Lipinski definition) is 5. The normalized spacial score (nSPS) is 14.8. The molecular weight excluding hydrogens is 234 g/mol. The largest absolute Gasteiger partial charge is 0.271 e. The van der Waals surface area contributed by atoms with Gasteiger partial charge >= 0.3 is 0 Å². The number of nitrogens with two attached hydrogens (primary N) is 1. The van der Waals surface area contributed by atoms with E-state index < -0.39 is 0 Å². The fourth-order valence-electron chi connectivity index (χ4n) is 1.49. The van der Waals surface area contributed by atoms with E-state index in [1.165, 1.54) is 6.42 Å².